The number of rotatable bonds is 4. The fraction of sp³-hybridized carbons (Fsp3) is 0.300. The number of hydrogen-bond donors (Lipinski definition) is 2. The first-order valence-corrected chi connectivity index (χ1v) is 8.98. The van der Waals surface area contributed by atoms with Crippen LogP contribution in [0.5, 0.6) is 0 Å². The number of amides is 2. The Morgan fingerprint density at radius 2 is 1.64 bits per heavy atom. The molecule has 3 rings (SSSR count). The van der Waals surface area contributed by atoms with Crippen molar-refractivity contribution >= 4 is 34.8 Å². The SMILES string of the molecule is O=C(Nc1ccc(NC(=O)C2CCCCC2)cc1Cl)c1ccccc1. The fourth-order valence-corrected chi connectivity index (χ4v) is 3.32. The van der Waals surface area contributed by atoms with Crippen LogP contribution in [0.15, 0.2) is 48.5 Å². The van der Waals surface area contributed by atoms with Gasteiger partial charge in [-0.1, -0.05) is 49.1 Å². The highest BCUT2D eigenvalue weighted by molar-refractivity contribution is 6.34. The van der Waals surface area contributed by atoms with Crippen LogP contribution < -0.4 is 10.6 Å². The van der Waals surface area contributed by atoms with Gasteiger partial charge in [0, 0.05) is 17.2 Å². The predicted molar refractivity (Wildman–Crippen MR) is 101 cm³/mol. The summed E-state index contributed by atoms with van der Waals surface area (Å²) < 4.78 is 0. The largest absolute Gasteiger partial charge is 0.326 e. The van der Waals surface area contributed by atoms with Crippen LogP contribution >= 0.6 is 11.6 Å². The van der Waals surface area contributed by atoms with E-state index in [9.17, 15) is 9.59 Å². The van der Waals surface area contributed by atoms with Crippen LogP contribution in [-0.2, 0) is 4.79 Å². The number of carbonyl (C=O) groups excluding carboxylic acids is 2. The van der Waals surface area contributed by atoms with Crippen molar-refractivity contribution in [1.29, 1.82) is 0 Å². The smallest absolute Gasteiger partial charge is 0.255 e. The zero-order chi connectivity index (χ0) is 17.6. The average Bonchev–Trinajstić information content (AvgIpc) is 2.65. The number of benzene rings is 2. The molecule has 0 heterocycles. The van der Waals surface area contributed by atoms with Gasteiger partial charge >= 0.3 is 0 Å². The van der Waals surface area contributed by atoms with Crippen LogP contribution in [0.25, 0.3) is 0 Å². The van der Waals surface area contributed by atoms with Crippen LogP contribution in [0.4, 0.5) is 11.4 Å². The first-order chi connectivity index (χ1) is 12.1. The Morgan fingerprint density at radius 3 is 2.32 bits per heavy atom. The maximum atomic E-state index is 12.3. The van der Waals surface area contributed by atoms with E-state index < -0.39 is 0 Å². The molecule has 0 saturated heterocycles. The molecule has 1 aliphatic carbocycles. The normalized spacial score (nSPS) is 14.8. The van der Waals surface area contributed by atoms with Crippen molar-refractivity contribution in [2.45, 2.75) is 32.1 Å². The molecule has 2 aromatic rings. The Balaban J connectivity index is 1.64. The first-order valence-electron chi connectivity index (χ1n) is 8.60. The molecule has 5 heteroatoms. The molecule has 0 unspecified atom stereocenters. The molecular formula is C20H21ClN2O2. The second kappa shape index (κ2) is 8.17. The minimum atomic E-state index is -0.221. The number of hydrogen-bond acceptors (Lipinski definition) is 2. The summed E-state index contributed by atoms with van der Waals surface area (Å²) in [5.41, 5.74) is 1.73. The van der Waals surface area contributed by atoms with Crippen LogP contribution in [0, 0.1) is 5.92 Å². The van der Waals surface area contributed by atoms with Crippen LogP contribution in [0.3, 0.4) is 0 Å². The fourth-order valence-electron chi connectivity index (χ4n) is 3.09. The lowest BCUT2D eigenvalue weighted by molar-refractivity contribution is -0.120. The van der Waals surface area contributed by atoms with E-state index in [-0.39, 0.29) is 17.7 Å². The molecule has 1 saturated carbocycles. The molecule has 1 aliphatic rings. The van der Waals surface area contributed by atoms with Crippen molar-refractivity contribution in [2.24, 2.45) is 5.92 Å². The highest BCUT2D eigenvalue weighted by Gasteiger charge is 2.21. The van der Waals surface area contributed by atoms with E-state index >= 15 is 0 Å². The Labute approximate surface area is 152 Å². The number of nitrogens with one attached hydrogen (secondary N) is 2. The van der Waals surface area contributed by atoms with Crippen molar-refractivity contribution in [3.05, 3.63) is 59.1 Å². The third kappa shape index (κ3) is 4.60. The van der Waals surface area contributed by atoms with Crippen molar-refractivity contribution in [2.75, 3.05) is 10.6 Å². The minimum absolute atomic E-state index is 0.0526. The maximum absolute atomic E-state index is 12.3. The molecule has 0 aromatic heterocycles. The van der Waals surface area contributed by atoms with Gasteiger partial charge < -0.3 is 10.6 Å². The van der Waals surface area contributed by atoms with Gasteiger partial charge in [-0.15, -0.1) is 0 Å². The summed E-state index contributed by atoms with van der Waals surface area (Å²) >= 11 is 6.26. The second-order valence-corrected chi connectivity index (χ2v) is 6.75. The van der Waals surface area contributed by atoms with E-state index in [1.54, 1.807) is 42.5 Å². The molecule has 0 atom stereocenters. The monoisotopic (exact) mass is 356 g/mol. The summed E-state index contributed by atoms with van der Waals surface area (Å²) in [6.07, 6.45) is 5.34. The standard InChI is InChI=1S/C20H21ClN2O2/c21-17-13-16(22-19(24)14-7-3-1-4-8-14)11-12-18(17)23-20(25)15-9-5-2-6-10-15/h2,5-6,9-14H,1,3-4,7-8H2,(H,22,24)(H,23,25). The van der Waals surface area contributed by atoms with Crippen LogP contribution in [0.2, 0.25) is 5.02 Å². The van der Waals surface area contributed by atoms with Gasteiger partial charge in [-0.05, 0) is 43.2 Å². The van der Waals surface area contributed by atoms with E-state index in [1.165, 1.54) is 6.42 Å². The van der Waals surface area contributed by atoms with E-state index in [0.29, 0.717) is 22.0 Å². The zero-order valence-corrected chi connectivity index (χ0v) is 14.7. The molecule has 1 fully saturated rings. The van der Waals surface area contributed by atoms with Crippen LogP contribution in [-0.4, -0.2) is 11.8 Å². The van der Waals surface area contributed by atoms with E-state index in [2.05, 4.69) is 10.6 Å². The molecule has 4 nitrogen and oxygen atoms in total. The minimum Gasteiger partial charge on any atom is -0.326 e. The lowest BCUT2D eigenvalue weighted by atomic mass is 9.88. The molecular weight excluding hydrogens is 336 g/mol. The number of halogens is 1. The van der Waals surface area contributed by atoms with Crippen molar-refractivity contribution in [3.8, 4) is 0 Å². The average molecular weight is 357 g/mol. The summed E-state index contributed by atoms with van der Waals surface area (Å²) in [6, 6.07) is 14.1. The van der Waals surface area contributed by atoms with E-state index in [0.717, 1.165) is 25.7 Å². The highest BCUT2D eigenvalue weighted by Crippen LogP contribution is 2.28. The van der Waals surface area contributed by atoms with Gasteiger partial charge in [0.25, 0.3) is 5.91 Å². The molecule has 0 bridgehead atoms. The van der Waals surface area contributed by atoms with Gasteiger partial charge in [-0.2, -0.15) is 0 Å². The molecule has 0 aliphatic heterocycles. The van der Waals surface area contributed by atoms with Crippen molar-refractivity contribution < 1.29 is 9.59 Å². The van der Waals surface area contributed by atoms with Gasteiger partial charge in [0.15, 0.2) is 0 Å². The highest BCUT2D eigenvalue weighted by atomic mass is 35.5. The molecule has 0 spiro atoms. The zero-order valence-electron chi connectivity index (χ0n) is 13.9. The maximum Gasteiger partial charge on any atom is 0.255 e. The summed E-state index contributed by atoms with van der Waals surface area (Å²) in [7, 11) is 0. The predicted octanol–water partition coefficient (Wildman–Crippen LogP) is 5.11. The molecule has 2 N–H and O–H groups in total. The summed E-state index contributed by atoms with van der Waals surface area (Å²) in [5, 5.41) is 6.11. The molecule has 2 aromatic carbocycles. The van der Waals surface area contributed by atoms with Crippen molar-refractivity contribution in [1.82, 2.24) is 0 Å². The van der Waals surface area contributed by atoms with E-state index in [1.807, 2.05) is 6.07 Å². The Morgan fingerprint density at radius 1 is 0.920 bits per heavy atom. The van der Waals surface area contributed by atoms with Gasteiger partial charge in [0.05, 0.1) is 10.7 Å². The Bertz CT molecular complexity index is 756. The van der Waals surface area contributed by atoms with Gasteiger partial charge in [-0.3, -0.25) is 9.59 Å². The van der Waals surface area contributed by atoms with Crippen LogP contribution in [0.1, 0.15) is 42.5 Å². The third-order valence-corrected chi connectivity index (χ3v) is 4.81. The summed E-state index contributed by atoms with van der Waals surface area (Å²) in [4.78, 5) is 24.5. The lowest BCUT2D eigenvalue weighted by Crippen LogP contribution is -2.24. The van der Waals surface area contributed by atoms with Gasteiger partial charge in [0.2, 0.25) is 5.91 Å². The number of carbonyl (C=O) groups is 2. The Hall–Kier alpha value is -2.33. The lowest BCUT2D eigenvalue weighted by Gasteiger charge is -2.21. The topological polar surface area (TPSA) is 58.2 Å². The Kier molecular flexibility index (Phi) is 5.71. The molecule has 130 valence electrons. The molecule has 25 heavy (non-hydrogen) atoms. The van der Waals surface area contributed by atoms with E-state index in [4.69, 9.17) is 11.6 Å². The second-order valence-electron chi connectivity index (χ2n) is 6.34. The quantitative estimate of drug-likeness (QED) is 0.799. The molecule has 0 radical (unpaired) electrons. The number of anilines is 2. The first kappa shape index (κ1) is 17.5. The third-order valence-electron chi connectivity index (χ3n) is 4.50. The van der Waals surface area contributed by atoms with Gasteiger partial charge in [0.1, 0.15) is 0 Å². The van der Waals surface area contributed by atoms with Gasteiger partial charge in [-0.25, -0.2) is 0 Å². The summed E-state index contributed by atoms with van der Waals surface area (Å²) in [5.74, 6) is -0.0803. The molecule has 2 amide bonds. The summed E-state index contributed by atoms with van der Waals surface area (Å²) in [6.45, 7) is 0. The van der Waals surface area contributed by atoms with Crippen molar-refractivity contribution in [3.63, 3.8) is 0 Å².